The molecule has 1 rings (SSSR count). The lowest BCUT2D eigenvalue weighted by molar-refractivity contribution is -0.137. The van der Waals surface area contributed by atoms with Gasteiger partial charge < -0.3 is 15.2 Å². The minimum atomic E-state index is -0.886. The number of carboxylic acids is 1. The summed E-state index contributed by atoms with van der Waals surface area (Å²) < 4.78 is 30.8. The van der Waals surface area contributed by atoms with E-state index in [-0.39, 0.29) is 18.1 Å². The molecule has 1 atom stereocenters. The monoisotopic (exact) mass is 301 g/mol. The Bertz CT molecular complexity index is 508. The summed E-state index contributed by atoms with van der Waals surface area (Å²) in [6.07, 6.45) is 0.484. The summed E-state index contributed by atoms with van der Waals surface area (Å²) in [5.41, 5.74) is 0. The van der Waals surface area contributed by atoms with Gasteiger partial charge in [-0.15, -0.1) is 0 Å². The zero-order valence-electron chi connectivity index (χ0n) is 11.6. The third-order valence-corrected chi connectivity index (χ3v) is 2.75. The van der Waals surface area contributed by atoms with Gasteiger partial charge in [-0.2, -0.15) is 0 Å². The number of nitrogens with one attached hydrogen (secondary N) is 1. The second-order valence-electron chi connectivity index (χ2n) is 4.71. The van der Waals surface area contributed by atoms with Crippen molar-refractivity contribution in [2.24, 2.45) is 5.92 Å². The van der Waals surface area contributed by atoms with E-state index in [1.807, 2.05) is 6.92 Å². The highest BCUT2D eigenvalue weighted by atomic mass is 19.1. The fraction of sp³-hybridized carbons (Fsp3) is 0.429. The van der Waals surface area contributed by atoms with Gasteiger partial charge in [-0.1, -0.05) is 6.92 Å². The molecule has 5 nitrogen and oxygen atoms in total. The highest BCUT2D eigenvalue weighted by Crippen LogP contribution is 2.17. The first-order valence-corrected chi connectivity index (χ1v) is 6.45. The Morgan fingerprint density at radius 3 is 2.71 bits per heavy atom. The van der Waals surface area contributed by atoms with Gasteiger partial charge in [0.1, 0.15) is 5.82 Å². The Morgan fingerprint density at radius 2 is 2.10 bits per heavy atom. The molecule has 0 saturated heterocycles. The smallest absolute Gasteiger partial charge is 0.303 e. The Labute approximate surface area is 120 Å². The van der Waals surface area contributed by atoms with E-state index in [1.165, 1.54) is 0 Å². The van der Waals surface area contributed by atoms with Crippen LogP contribution in [-0.4, -0.2) is 30.1 Å². The number of carbonyl (C=O) groups excluding carboxylic acids is 1. The van der Waals surface area contributed by atoms with Gasteiger partial charge in [0.15, 0.2) is 18.2 Å². The Morgan fingerprint density at radius 1 is 1.38 bits per heavy atom. The van der Waals surface area contributed by atoms with Crippen LogP contribution in [0, 0.1) is 17.6 Å². The number of amides is 1. The maximum absolute atomic E-state index is 13.2. The van der Waals surface area contributed by atoms with Gasteiger partial charge in [0.05, 0.1) is 0 Å². The number of benzene rings is 1. The van der Waals surface area contributed by atoms with Crippen molar-refractivity contribution in [3.63, 3.8) is 0 Å². The fourth-order valence-electron chi connectivity index (χ4n) is 1.55. The molecule has 0 radical (unpaired) electrons. The third kappa shape index (κ3) is 6.69. The van der Waals surface area contributed by atoms with Crippen molar-refractivity contribution in [1.29, 1.82) is 0 Å². The van der Waals surface area contributed by atoms with E-state index in [4.69, 9.17) is 9.84 Å². The summed E-state index contributed by atoms with van der Waals surface area (Å²) in [5.74, 6) is -3.14. The Kier molecular flexibility index (Phi) is 6.58. The summed E-state index contributed by atoms with van der Waals surface area (Å²) in [4.78, 5) is 21.9. The quantitative estimate of drug-likeness (QED) is 0.769. The van der Waals surface area contributed by atoms with Crippen molar-refractivity contribution < 1.29 is 28.2 Å². The second kappa shape index (κ2) is 8.18. The van der Waals surface area contributed by atoms with Crippen LogP contribution in [0.25, 0.3) is 0 Å². The molecule has 0 aromatic heterocycles. The lowest BCUT2D eigenvalue weighted by Gasteiger charge is -2.12. The van der Waals surface area contributed by atoms with Crippen LogP contribution in [0.3, 0.4) is 0 Å². The topological polar surface area (TPSA) is 75.6 Å². The summed E-state index contributed by atoms with van der Waals surface area (Å²) in [6.45, 7) is 1.72. The van der Waals surface area contributed by atoms with E-state index < -0.39 is 30.1 Å². The number of rotatable bonds is 8. The molecule has 1 aromatic carbocycles. The molecule has 0 heterocycles. The van der Waals surface area contributed by atoms with Crippen LogP contribution in [-0.2, 0) is 9.59 Å². The number of carboxylic acid groups (broad SMARTS) is 1. The molecule has 21 heavy (non-hydrogen) atoms. The minimum absolute atomic E-state index is 0.00704. The van der Waals surface area contributed by atoms with E-state index in [2.05, 4.69) is 5.32 Å². The van der Waals surface area contributed by atoms with Gasteiger partial charge in [0, 0.05) is 19.0 Å². The van der Waals surface area contributed by atoms with Crippen molar-refractivity contribution in [3.8, 4) is 5.75 Å². The molecule has 0 spiro atoms. The Hall–Kier alpha value is -2.18. The molecule has 1 amide bonds. The maximum Gasteiger partial charge on any atom is 0.303 e. The SMILES string of the molecule is CC(CCC(=O)O)CNC(=O)COc1ccc(F)cc1F. The molecule has 2 N–H and O–H groups in total. The highest BCUT2D eigenvalue weighted by Gasteiger charge is 2.10. The number of ether oxygens (including phenoxy) is 1. The van der Waals surface area contributed by atoms with Gasteiger partial charge in [-0.05, 0) is 24.5 Å². The molecular weight excluding hydrogens is 284 g/mol. The molecule has 0 saturated carbocycles. The van der Waals surface area contributed by atoms with Crippen LogP contribution in [0.15, 0.2) is 18.2 Å². The van der Waals surface area contributed by atoms with Gasteiger partial charge in [-0.25, -0.2) is 8.78 Å². The van der Waals surface area contributed by atoms with E-state index in [0.717, 1.165) is 12.1 Å². The zero-order valence-corrected chi connectivity index (χ0v) is 11.6. The van der Waals surface area contributed by atoms with Crippen molar-refractivity contribution in [1.82, 2.24) is 5.32 Å². The van der Waals surface area contributed by atoms with Crippen LogP contribution in [0.5, 0.6) is 5.75 Å². The lowest BCUT2D eigenvalue weighted by atomic mass is 10.1. The number of halogens is 2. The van der Waals surface area contributed by atoms with Gasteiger partial charge in [-0.3, -0.25) is 9.59 Å². The first-order valence-electron chi connectivity index (χ1n) is 6.45. The molecule has 1 unspecified atom stereocenters. The van der Waals surface area contributed by atoms with Crippen LogP contribution < -0.4 is 10.1 Å². The normalized spacial score (nSPS) is 11.8. The number of carbonyl (C=O) groups is 2. The van der Waals surface area contributed by atoms with E-state index in [0.29, 0.717) is 19.0 Å². The largest absolute Gasteiger partial charge is 0.481 e. The summed E-state index contributed by atoms with van der Waals surface area (Å²) in [5, 5.41) is 11.1. The van der Waals surface area contributed by atoms with E-state index >= 15 is 0 Å². The predicted octanol–water partition coefficient (Wildman–Crippen LogP) is 1.96. The average molecular weight is 301 g/mol. The first-order chi connectivity index (χ1) is 9.88. The molecule has 0 bridgehead atoms. The third-order valence-electron chi connectivity index (χ3n) is 2.75. The Balaban J connectivity index is 2.29. The molecule has 0 aliphatic rings. The van der Waals surface area contributed by atoms with Gasteiger partial charge >= 0.3 is 5.97 Å². The summed E-state index contributed by atoms with van der Waals surface area (Å²) >= 11 is 0. The predicted molar refractivity (Wildman–Crippen MR) is 70.9 cm³/mol. The standard InChI is InChI=1S/C14H17F2NO4/c1-9(2-5-14(19)20)7-17-13(18)8-21-12-4-3-10(15)6-11(12)16/h3-4,6,9H,2,5,7-8H2,1H3,(H,17,18)(H,19,20). The number of hydrogen-bond acceptors (Lipinski definition) is 3. The minimum Gasteiger partial charge on any atom is -0.481 e. The van der Waals surface area contributed by atoms with Crippen LogP contribution >= 0.6 is 0 Å². The zero-order chi connectivity index (χ0) is 15.8. The maximum atomic E-state index is 13.2. The first kappa shape index (κ1) is 16.9. The molecule has 0 fully saturated rings. The molecule has 1 aromatic rings. The number of hydrogen-bond donors (Lipinski definition) is 2. The molecular formula is C14H17F2NO4. The lowest BCUT2D eigenvalue weighted by Crippen LogP contribution is -2.32. The van der Waals surface area contributed by atoms with Crippen molar-refractivity contribution >= 4 is 11.9 Å². The fourth-order valence-corrected chi connectivity index (χ4v) is 1.55. The second-order valence-corrected chi connectivity index (χ2v) is 4.71. The van der Waals surface area contributed by atoms with Crippen LogP contribution in [0.4, 0.5) is 8.78 Å². The molecule has 116 valence electrons. The van der Waals surface area contributed by atoms with E-state index in [9.17, 15) is 18.4 Å². The van der Waals surface area contributed by atoms with Gasteiger partial charge in [0.25, 0.3) is 5.91 Å². The average Bonchev–Trinajstić information content (AvgIpc) is 2.41. The van der Waals surface area contributed by atoms with Crippen molar-refractivity contribution in [3.05, 3.63) is 29.8 Å². The highest BCUT2D eigenvalue weighted by molar-refractivity contribution is 5.77. The summed E-state index contributed by atoms with van der Waals surface area (Å²) in [7, 11) is 0. The van der Waals surface area contributed by atoms with Crippen LogP contribution in [0.1, 0.15) is 19.8 Å². The molecule has 0 aliphatic carbocycles. The van der Waals surface area contributed by atoms with Gasteiger partial charge in [0.2, 0.25) is 0 Å². The van der Waals surface area contributed by atoms with Crippen molar-refractivity contribution in [2.75, 3.05) is 13.2 Å². The van der Waals surface area contributed by atoms with E-state index in [1.54, 1.807) is 0 Å². The molecule has 7 heteroatoms. The number of aliphatic carboxylic acids is 1. The van der Waals surface area contributed by atoms with Crippen molar-refractivity contribution in [2.45, 2.75) is 19.8 Å². The molecule has 0 aliphatic heterocycles. The summed E-state index contributed by atoms with van der Waals surface area (Å²) in [6, 6.07) is 2.80. The van der Waals surface area contributed by atoms with Crippen LogP contribution in [0.2, 0.25) is 0 Å².